The predicted molar refractivity (Wildman–Crippen MR) is 124 cm³/mol. The molecule has 2 unspecified atom stereocenters. The van der Waals surface area contributed by atoms with Crippen LogP contribution in [0.5, 0.6) is 5.75 Å². The SMILES string of the molecule is Cc1ccc(C)c(C(C)OC(C)Oc2ccc(C(C)(C)CC(C)(C)C)cc2)c1C. The molecule has 2 nitrogen and oxygen atoms in total. The van der Waals surface area contributed by atoms with Gasteiger partial charge >= 0.3 is 0 Å². The summed E-state index contributed by atoms with van der Waals surface area (Å²) in [5, 5.41) is 0. The lowest BCUT2D eigenvalue weighted by atomic mass is 9.72. The molecule has 0 aliphatic rings. The molecule has 2 atom stereocenters. The van der Waals surface area contributed by atoms with E-state index in [9.17, 15) is 0 Å². The molecule has 2 aromatic carbocycles. The summed E-state index contributed by atoms with van der Waals surface area (Å²) in [6.45, 7) is 22.0. The quantitative estimate of drug-likeness (QED) is 0.444. The number of rotatable bonds is 7. The molecule has 0 saturated carbocycles. The Balaban J connectivity index is 2.05. The highest BCUT2D eigenvalue weighted by Crippen LogP contribution is 2.37. The van der Waals surface area contributed by atoms with Crippen LogP contribution in [0.25, 0.3) is 0 Å². The van der Waals surface area contributed by atoms with Gasteiger partial charge < -0.3 is 9.47 Å². The molecule has 2 aromatic rings. The van der Waals surface area contributed by atoms with Crippen LogP contribution in [0.3, 0.4) is 0 Å². The van der Waals surface area contributed by atoms with E-state index < -0.39 is 0 Å². The Morgan fingerprint density at radius 1 is 0.793 bits per heavy atom. The average Bonchev–Trinajstić information content (AvgIpc) is 2.57. The van der Waals surface area contributed by atoms with E-state index in [0.29, 0.717) is 5.41 Å². The standard InChI is InChI=1S/C27H40O2/c1-18-11-12-19(2)25(20(18)3)21(4)28-22(5)29-24-15-13-23(14-16-24)27(9,10)17-26(6,7)8/h11-16,21-22H,17H2,1-10H3. The second-order valence-corrected chi connectivity index (χ2v) is 10.3. The molecule has 0 saturated heterocycles. The summed E-state index contributed by atoms with van der Waals surface area (Å²) in [5.74, 6) is 0.845. The molecule has 2 heteroatoms. The van der Waals surface area contributed by atoms with E-state index in [4.69, 9.17) is 9.47 Å². The fourth-order valence-corrected chi connectivity index (χ4v) is 4.59. The van der Waals surface area contributed by atoms with Gasteiger partial charge in [0.25, 0.3) is 0 Å². The Kier molecular flexibility index (Phi) is 7.22. The van der Waals surface area contributed by atoms with Crippen LogP contribution in [-0.4, -0.2) is 6.29 Å². The molecule has 29 heavy (non-hydrogen) atoms. The zero-order chi connectivity index (χ0) is 22.0. The molecular weight excluding hydrogens is 356 g/mol. The van der Waals surface area contributed by atoms with Crippen molar-refractivity contribution in [3.63, 3.8) is 0 Å². The van der Waals surface area contributed by atoms with Crippen LogP contribution in [-0.2, 0) is 10.2 Å². The van der Waals surface area contributed by atoms with Crippen molar-refractivity contribution in [3.8, 4) is 5.75 Å². The zero-order valence-corrected chi connectivity index (χ0v) is 20.1. The minimum atomic E-state index is -0.322. The van der Waals surface area contributed by atoms with Gasteiger partial charge in [-0.3, -0.25) is 0 Å². The highest BCUT2D eigenvalue weighted by atomic mass is 16.7. The Hall–Kier alpha value is -1.80. The lowest BCUT2D eigenvalue weighted by Gasteiger charge is -2.33. The maximum atomic E-state index is 6.20. The second-order valence-electron chi connectivity index (χ2n) is 10.3. The van der Waals surface area contributed by atoms with Crippen molar-refractivity contribution in [1.29, 1.82) is 0 Å². The van der Waals surface area contributed by atoms with Crippen LogP contribution in [0.1, 0.15) is 88.8 Å². The molecule has 0 fully saturated rings. The average molecular weight is 397 g/mol. The minimum Gasteiger partial charge on any atom is -0.465 e. The van der Waals surface area contributed by atoms with Crippen LogP contribution in [0.4, 0.5) is 0 Å². The van der Waals surface area contributed by atoms with Crippen molar-refractivity contribution < 1.29 is 9.47 Å². The summed E-state index contributed by atoms with van der Waals surface area (Å²) in [7, 11) is 0. The fourth-order valence-electron chi connectivity index (χ4n) is 4.59. The molecule has 0 spiro atoms. The molecule has 0 aliphatic carbocycles. The van der Waals surface area contributed by atoms with Gasteiger partial charge in [-0.2, -0.15) is 0 Å². The molecule has 0 heterocycles. The Morgan fingerprint density at radius 3 is 1.90 bits per heavy atom. The normalized spacial score (nSPS) is 14.6. The van der Waals surface area contributed by atoms with Crippen molar-refractivity contribution >= 4 is 0 Å². The predicted octanol–water partition coefficient (Wildman–Crippen LogP) is 7.83. The largest absolute Gasteiger partial charge is 0.465 e. The van der Waals surface area contributed by atoms with Crippen LogP contribution in [0, 0.1) is 26.2 Å². The first-order chi connectivity index (χ1) is 13.3. The van der Waals surface area contributed by atoms with Gasteiger partial charge in [0.1, 0.15) is 5.75 Å². The first kappa shape index (κ1) is 23.5. The van der Waals surface area contributed by atoms with Crippen molar-refractivity contribution in [2.45, 2.75) is 93.5 Å². The maximum Gasteiger partial charge on any atom is 0.197 e. The van der Waals surface area contributed by atoms with Gasteiger partial charge in [0.15, 0.2) is 6.29 Å². The number of ether oxygens (including phenoxy) is 2. The smallest absolute Gasteiger partial charge is 0.197 e. The summed E-state index contributed by atoms with van der Waals surface area (Å²) in [6.07, 6.45) is 0.791. The summed E-state index contributed by atoms with van der Waals surface area (Å²) in [4.78, 5) is 0. The third-order valence-electron chi connectivity index (χ3n) is 5.72. The third-order valence-corrected chi connectivity index (χ3v) is 5.72. The summed E-state index contributed by atoms with van der Waals surface area (Å²) >= 11 is 0. The van der Waals surface area contributed by atoms with Crippen LogP contribution >= 0.6 is 0 Å². The van der Waals surface area contributed by atoms with E-state index >= 15 is 0 Å². The number of aryl methyl sites for hydroxylation is 2. The highest BCUT2D eigenvalue weighted by molar-refractivity contribution is 5.40. The van der Waals surface area contributed by atoms with E-state index in [1.54, 1.807) is 0 Å². The van der Waals surface area contributed by atoms with Crippen molar-refractivity contribution in [3.05, 3.63) is 64.2 Å². The molecule has 0 aliphatic heterocycles. The number of benzene rings is 2. The first-order valence-electron chi connectivity index (χ1n) is 10.8. The molecule has 160 valence electrons. The van der Waals surface area contributed by atoms with Crippen LogP contribution in [0.2, 0.25) is 0 Å². The second kappa shape index (κ2) is 8.92. The maximum absolute atomic E-state index is 6.20. The van der Waals surface area contributed by atoms with E-state index in [2.05, 4.69) is 98.7 Å². The molecule has 0 amide bonds. The molecule has 0 bridgehead atoms. The van der Waals surface area contributed by atoms with Gasteiger partial charge in [0.2, 0.25) is 0 Å². The third kappa shape index (κ3) is 6.34. The van der Waals surface area contributed by atoms with Gasteiger partial charge in [0, 0.05) is 0 Å². The molecule has 0 radical (unpaired) electrons. The number of hydrogen-bond acceptors (Lipinski definition) is 2. The van der Waals surface area contributed by atoms with Crippen LogP contribution in [0.15, 0.2) is 36.4 Å². The van der Waals surface area contributed by atoms with Gasteiger partial charge in [-0.15, -0.1) is 0 Å². The number of hydrogen-bond donors (Lipinski definition) is 0. The Bertz CT molecular complexity index is 810. The van der Waals surface area contributed by atoms with Crippen molar-refractivity contribution in [2.24, 2.45) is 5.41 Å². The van der Waals surface area contributed by atoms with Gasteiger partial charge in [-0.05, 0) is 91.8 Å². The Labute approximate surface area is 178 Å². The minimum absolute atomic E-state index is 0.0186. The summed E-state index contributed by atoms with van der Waals surface area (Å²) < 4.78 is 12.3. The van der Waals surface area contributed by atoms with Gasteiger partial charge in [-0.25, -0.2) is 0 Å². The fraction of sp³-hybridized carbons (Fsp3) is 0.556. The van der Waals surface area contributed by atoms with E-state index in [1.807, 2.05) is 6.92 Å². The lowest BCUT2D eigenvalue weighted by Crippen LogP contribution is -2.24. The first-order valence-corrected chi connectivity index (χ1v) is 10.8. The highest BCUT2D eigenvalue weighted by Gasteiger charge is 2.27. The van der Waals surface area contributed by atoms with Crippen LogP contribution < -0.4 is 4.74 Å². The van der Waals surface area contributed by atoms with E-state index in [1.165, 1.54) is 27.8 Å². The molecule has 0 aromatic heterocycles. The monoisotopic (exact) mass is 396 g/mol. The topological polar surface area (TPSA) is 18.5 Å². The van der Waals surface area contributed by atoms with E-state index in [0.717, 1.165) is 12.2 Å². The zero-order valence-electron chi connectivity index (χ0n) is 20.1. The van der Waals surface area contributed by atoms with Gasteiger partial charge in [-0.1, -0.05) is 58.9 Å². The molecule has 2 rings (SSSR count). The Morgan fingerprint density at radius 2 is 1.34 bits per heavy atom. The summed E-state index contributed by atoms with van der Waals surface area (Å²) in [6, 6.07) is 12.8. The van der Waals surface area contributed by atoms with Crippen molar-refractivity contribution in [1.82, 2.24) is 0 Å². The molecule has 0 N–H and O–H groups in total. The molecular formula is C27H40O2. The van der Waals surface area contributed by atoms with Gasteiger partial charge in [0.05, 0.1) is 6.10 Å². The lowest BCUT2D eigenvalue weighted by molar-refractivity contribution is -0.103. The van der Waals surface area contributed by atoms with E-state index in [-0.39, 0.29) is 17.8 Å². The summed E-state index contributed by atoms with van der Waals surface area (Å²) in [5.41, 5.74) is 6.89. The van der Waals surface area contributed by atoms with Crippen molar-refractivity contribution in [2.75, 3.05) is 0 Å².